The fraction of sp³-hybridized carbons (Fsp3) is 0.417. The lowest BCUT2D eigenvalue weighted by atomic mass is 10.1. The molecule has 0 fully saturated rings. The Hall–Kier alpha value is -0.940. The minimum absolute atomic E-state index is 0.816. The molecule has 0 bridgehead atoms. The summed E-state index contributed by atoms with van der Waals surface area (Å²) < 4.78 is 0. The van der Waals surface area contributed by atoms with Gasteiger partial charge in [0.2, 0.25) is 0 Å². The van der Waals surface area contributed by atoms with Crippen molar-refractivity contribution >= 4 is 11.8 Å². The SMILES string of the molecule is CCCCSCc1ccccc1C#N. The van der Waals surface area contributed by atoms with Crippen LogP contribution in [-0.4, -0.2) is 5.75 Å². The third kappa shape index (κ3) is 3.43. The van der Waals surface area contributed by atoms with Crippen molar-refractivity contribution in [3.63, 3.8) is 0 Å². The zero-order valence-corrected chi connectivity index (χ0v) is 9.31. The second kappa shape index (κ2) is 6.50. The van der Waals surface area contributed by atoms with Crippen molar-refractivity contribution in [2.45, 2.75) is 25.5 Å². The first kappa shape index (κ1) is 11.1. The number of rotatable bonds is 5. The molecule has 74 valence electrons. The number of nitrogens with zero attached hydrogens (tertiary/aromatic N) is 1. The Kier molecular flexibility index (Phi) is 5.17. The summed E-state index contributed by atoms with van der Waals surface area (Å²) in [6, 6.07) is 10.1. The summed E-state index contributed by atoms with van der Waals surface area (Å²) in [5, 5.41) is 8.86. The van der Waals surface area contributed by atoms with Gasteiger partial charge in [0.05, 0.1) is 11.6 Å². The largest absolute Gasteiger partial charge is 0.192 e. The second-order valence-electron chi connectivity index (χ2n) is 3.18. The Labute approximate surface area is 90.1 Å². The molecule has 1 rings (SSSR count). The first-order chi connectivity index (χ1) is 6.88. The van der Waals surface area contributed by atoms with Gasteiger partial charge in [-0.3, -0.25) is 0 Å². The van der Waals surface area contributed by atoms with Crippen LogP contribution >= 0.6 is 11.8 Å². The molecule has 0 saturated heterocycles. The maximum atomic E-state index is 8.86. The van der Waals surface area contributed by atoms with Crippen LogP contribution in [-0.2, 0) is 5.75 Å². The third-order valence-electron chi connectivity index (χ3n) is 2.04. The summed E-state index contributed by atoms with van der Waals surface area (Å²) in [4.78, 5) is 0. The van der Waals surface area contributed by atoms with Crippen molar-refractivity contribution in [3.8, 4) is 6.07 Å². The average Bonchev–Trinajstić information content (AvgIpc) is 2.25. The molecule has 0 N–H and O–H groups in total. The van der Waals surface area contributed by atoms with E-state index in [0.29, 0.717) is 0 Å². The number of hydrogen-bond donors (Lipinski definition) is 0. The van der Waals surface area contributed by atoms with Crippen molar-refractivity contribution in [2.24, 2.45) is 0 Å². The molecule has 0 atom stereocenters. The maximum Gasteiger partial charge on any atom is 0.0994 e. The molecule has 14 heavy (non-hydrogen) atoms. The van der Waals surface area contributed by atoms with E-state index in [9.17, 15) is 0 Å². The van der Waals surface area contributed by atoms with Crippen molar-refractivity contribution in [1.82, 2.24) is 0 Å². The number of thioether (sulfide) groups is 1. The Morgan fingerprint density at radius 2 is 2.14 bits per heavy atom. The summed E-state index contributed by atoms with van der Waals surface area (Å²) in [7, 11) is 0. The van der Waals surface area contributed by atoms with Crippen LogP contribution in [0.25, 0.3) is 0 Å². The smallest absolute Gasteiger partial charge is 0.0994 e. The monoisotopic (exact) mass is 205 g/mol. The first-order valence-corrected chi connectivity index (χ1v) is 6.09. The second-order valence-corrected chi connectivity index (χ2v) is 4.28. The van der Waals surface area contributed by atoms with Crippen LogP contribution in [0.5, 0.6) is 0 Å². The van der Waals surface area contributed by atoms with Gasteiger partial charge in [0.25, 0.3) is 0 Å². The van der Waals surface area contributed by atoms with E-state index in [4.69, 9.17) is 5.26 Å². The standard InChI is InChI=1S/C12H15NS/c1-2-3-8-14-10-12-7-5-4-6-11(12)9-13/h4-7H,2-3,8,10H2,1H3. The number of benzene rings is 1. The Morgan fingerprint density at radius 1 is 1.36 bits per heavy atom. The number of nitriles is 1. The van der Waals surface area contributed by atoms with Crippen LogP contribution in [0.3, 0.4) is 0 Å². The fourth-order valence-electron chi connectivity index (χ4n) is 1.18. The van der Waals surface area contributed by atoms with E-state index in [1.165, 1.54) is 18.6 Å². The number of unbranched alkanes of at least 4 members (excludes halogenated alkanes) is 1. The number of hydrogen-bond acceptors (Lipinski definition) is 2. The van der Waals surface area contributed by atoms with Crippen LogP contribution in [0.2, 0.25) is 0 Å². The molecular formula is C12H15NS. The fourth-order valence-corrected chi connectivity index (χ4v) is 2.29. The molecule has 1 nitrogen and oxygen atoms in total. The predicted octanol–water partition coefficient (Wildman–Crippen LogP) is 3.59. The lowest BCUT2D eigenvalue weighted by Crippen LogP contribution is -1.87. The average molecular weight is 205 g/mol. The highest BCUT2D eigenvalue weighted by Gasteiger charge is 1.99. The molecule has 0 unspecified atom stereocenters. The van der Waals surface area contributed by atoms with Crippen LogP contribution < -0.4 is 0 Å². The van der Waals surface area contributed by atoms with Crippen LogP contribution in [0.4, 0.5) is 0 Å². The van der Waals surface area contributed by atoms with Crippen LogP contribution in [0.1, 0.15) is 30.9 Å². The van der Waals surface area contributed by atoms with E-state index in [1.807, 2.05) is 36.0 Å². The van der Waals surface area contributed by atoms with E-state index in [-0.39, 0.29) is 0 Å². The maximum absolute atomic E-state index is 8.86. The molecule has 0 saturated carbocycles. The lowest BCUT2D eigenvalue weighted by molar-refractivity contribution is 0.896. The molecule has 0 heterocycles. The van der Waals surface area contributed by atoms with E-state index in [0.717, 1.165) is 16.9 Å². The molecular weight excluding hydrogens is 190 g/mol. The van der Waals surface area contributed by atoms with Gasteiger partial charge in [-0.1, -0.05) is 31.5 Å². The van der Waals surface area contributed by atoms with Crippen molar-refractivity contribution < 1.29 is 0 Å². The highest BCUT2D eigenvalue weighted by Crippen LogP contribution is 2.16. The van der Waals surface area contributed by atoms with Gasteiger partial charge in [-0.2, -0.15) is 17.0 Å². The Morgan fingerprint density at radius 3 is 2.86 bits per heavy atom. The third-order valence-corrected chi connectivity index (χ3v) is 3.13. The van der Waals surface area contributed by atoms with Crippen molar-refractivity contribution in [3.05, 3.63) is 35.4 Å². The predicted molar refractivity (Wildman–Crippen MR) is 62.2 cm³/mol. The van der Waals surface area contributed by atoms with Crippen LogP contribution in [0, 0.1) is 11.3 Å². The summed E-state index contributed by atoms with van der Waals surface area (Å²) in [5.41, 5.74) is 1.98. The quantitative estimate of drug-likeness (QED) is 0.686. The van der Waals surface area contributed by atoms with Crippen LogP contribution in [0.15, 0.2) is 24.3 Å². The molecule has 2 heteroatoms. The van der Waals surface area contributed by atoms with Gasteiger partial charge in [0.1, 0.15) is 0 Å². The van der Waals surface area contributed by atoms with E-state index in [1.54, 1.807) is 0 Å². The van der Waals surface area contributed by atoms with E-state index < -0.39 is 0 Å². The van der Waals surface area contributed by atoms with Gasteiger partial charge in [-0.05, 0) is 23.8 Å². The molecule has 1 aromatic carbocycles. The van der Waals surface area contributed by atoms with Crippen molar-refractivity contribution in [2.75, 3.05) is 5.75 Å². The van der Waals surface area contributed by atoms with Crippen molar-refractivity contribution in [1.29, 1.82) is 5.26 Å². The van der Waals surface area contributed by atoms with Gasteiger partial charge in [-0.25, -0.2) is 0 Å². The first-order valence-electron chi connectivity index (χ1n) is 4.94. The topological polar surface area (TPSA) is 23.8 Å². The molecule has 0 aromatic heterocycles. The molecule has 0 spiro atoms. The zero-order valence-electron chi connectivity index (χ0n) is 8.49. The minimum atomic E-state index is 0.816. The minimum Gasteiger partial charge on any atom is -0.192 e. The summed E-state index contributed by atoms with van der Waals surface area (Å²) in [6.07, 6.45) is 2.51. The lowest BCUT2D eigenvalue weighted by Gasteiger charge is -2.02. The molecule has 0 amide bonds. The molecule has 0 radical (unpaired) electrons. The van der Waals surface area contributed by atoms with E-state index in [2.05, 4.69) is 13.0 Å². The summed E-state index contributed by atoms with van der Waals surface area (Å²) in [5.74, 6) is 2.15. The molecule has 0 aliphatic rings. The van der Waals surface area contributed by atoms with Gasteiger partial charge < -0.3 is 0 Å². The molecule has 0 aliphatic heterocycles. The van der Waals surface area contributed by atoms with Gasteiger partial charge in [0.15, 0.2) is 0 Å². The Bertz CT molecular complexity index is 314. The highest BCUT2D eigenvalue weighted by atomic mass is 32.2. The molecule has 1 aromatic rings. The highest BCUT2D eigenvalue weighted by molar-refractivity contribution is 7.98. The normalized spacial score (nSPS) is 9.71. The summed E-state index contributed by atoms with van der Waals surface area (Å²) in [6.45, 7) is 2.20. The van der Waals surface area contributed by atoms with Gasteiger partial charge >= 0.3 is 0 Å². The van der Waals surface area contributed by atoms with Gasteiger partial charge in [-0.15, -0.1) is 0 Å². The van der Waals surface area contributed by atoms with E-state index >= 15 is 0 Å². The molecule has 0 aliphatic carbocycles. The Balaban J connectivity index is 2.46. The summed E-state index contributed by atoms with van der Waals surface area (Å²) >= 11 is 1.91. The van der Waals surface area contributed by atoms with Gasteiger partial charge in [0, 0.05) is 5.75 Å². The zero-order chi connectivity index (χ0) is 10.2.